The van der Waals surface area contributed by atoms with Gasteiger partial charge in [-0.3, -0.25) is 0 Å². The molecule has 108 valence electrons. The van der Waals surface area contributed by atoms with Crippen LogP contribution in [0.4, 0.5) is 4.39 Å². The summed E-state index contributed by atoms with van der Waals surface area (Å²) >= 11 is 1.35. The van der Waals surface area contributed by atoms with E-state index in [1.54, 1.807) is 11.6 Å². The summed E-state index contributed by atoms with van der Waals surface area (Å²) in [5.74, 6) is -0.466. The molecule has 0 unspecified atom stereocenters. The highest BCUT2D eigenvalue weighted by Crippen LogP contribution is 2.19. The molecule has 0 fully saturated rings. The molecule has 0 bridgehead atoms. The number of hydrogen-bond acceptors (Lipinski definition) is 5. The quantitative estimate of drug-likeness (QED) is 0.876. The van der Waals surface area contributed by atoms with Crippen molar-refractivity contribution in [3.8, 4) is 0 Å². The third kappa shape index (κ3) is 3.21. The maximum atomic E-state index is 13.7. The minimum atomic E-state index is -3.71. The third-order valence-corrected chi connectivity index (χ3v) is 4.89. The van der Waals surface area contributed by atoms with Crippen LogP contribution in [0.15, 0.2) is 28.6 Å². The van der Waals surface area contributed by atoms with Gasteiger partial charge in [0.15, 0.2) is 0 Å². The summed E-state index contributed by atoms with van der Waals surface area (Å²) < 4.78 is 40.4. The predicted molar refractivity (Wildman–Crippen MR) is 75.2 cm³/mol. The van der Waals surface area contributed by atoms with E-state index in [4.69, 9.17) is 5.73 Å². The number of benzene rings is 1. The van der Waals surface area contributed by atoms with Gasteiger partial charge in [-0.25, -0.2) is 22.5 Å². The third-order valence-electron chi connectivity index (χ3n) is 2.73. The van der Waals surface area contributed by atoms with Gasteiger partial charge in [-0.05, 0) is 24.6 Å². The van der Waals surface area contributed by atoms with Gasteiger partial charge in [-0.2, -0.15) is 0 Å². The van der Waals surface area contributed by atoms with Crippen molar-refractivity contribution in [2.24, 2.45) is 5.73 Å². The summed E-state index contributed by atoms with van der Waals surface area (Å²) in [6.07, 6.45) is 1.60. The molecule has 0 saturated heterocycles. The predicted octanol–water partition coefficient (Wildman–Crippen LogP) is 1.53. The second-order valence-corrected chi connectivity index (χ2v) is 6.91. The average molecular weight is 315 g/mol. The standard InChI is InChI=1S/C12H14FN3O2S2/c1-8-4-10(5-9(6-14)12(8)13)20(17,18)16-7-11-15-2-3-19-11/h2-5,16H,6-7,14H2,1H3. The zero-order valence-electron chi connectivity index (χ0n) is 10.8. The van der Waals surface area contributed by atoms with Crippen molar-refractivity contribution in [2.75, 3.05) is 0 Å². The maximum Gasteiger partial charge on any atom is 0.240 e. The van der Waals surface area contributed by atoms with Crippen molar-refractivity contribution in [3.05, 3.63) is 45.7 Å². The molecule has 0 aliphatic rings. The van der Waals surface area contributed by atoms with Crippen molar-refractivity contribution >= 4 is 21.4 Å². The molecule has 0 aliphatic heterocycles. The van der Waals surface area contributed by atoms with Crippen LogP contribution in [-0.4, -0.2) is 13.4 Å². The van der Waals surface area contributed by atoms with Crippen LogP contribution in [0.2, 0.25) is 0 Å². The van der Waals surface area contributed by atoms with Gasteiger partial charge in [0.2, 0.25) is 10.0 Å². The van der Waals surface area contributed by atoms with Gasteiger partial charge in [-0.15, -0.1) is 11.3 Å². The zero-order chi connectivity index (χ0) is 14.8. The Hall–Kier alpha value is -1.35. The van der Waals surface area contributed by atoms with Crippen LogP contribution in [0.1, 0.15) is 16.1 Å². The van der Waals surface area contributed by atoms with Crippen LogP contribution in [0.5, 0.6) is 0 Å². The Morgan fingerprint density at radius 1 is 1.45 bits per heavy atom. The molecule has 0 radical (unpaired) electrons. The molecule has 1 aromatic carbocycles. The summed E-state index contributed by atoms with van der Waals surface area (Å²) in [5.41, 5.74) is 5.85. The Bertz CT molecular complexity index is 700. The van der Waals surface area contributed by atoms with Gasteiger partial charge < -0.3 is 5.73 Å². The van der Waals surface area contributed by atoms with E-state index < -0.39 is 15.8 Å². The number of aryl methyl sites for hydroxylation is 1. The summed E-state index contributed by atoms with van der Waals surface area (Å²) in [6, 6.07) is 2.55. The largest absolute Gasteiger partial charge is 0.326 e. The van der Waals surface area contributed by atoms with Gasteiger partial charge in [0.05, 0.1) is 11.4 Å². The fraction of sp³-hybridized carbons (Fsp3) is 0.250. The van der Waals surface area contributed by atoms with Gasteiger partial charge >= 0.3 is 0 Å². The van der Waals surface area contributed by atoms with Crippen molar-refractivity contribution in [1.82, 2.24) is 9.71 Å². The lowest BCUT2D eigenvalue weighted by molar-refractivity contribution is 0.577. The number of rotatable bonds is 5. The molecular weight excluding hydrogens is 301 g/mol. The number of sulfonamides is 1. The first-order chi connectivity index (χ1) is 9.44. The lowest BCUT2D eigenvalue weighted by Gasteiger charge is -2.09. The Morgan fingerprint density at radius 3 is 2.80 bits per heavy atom. The van der Waals surface area contributed by atoms with Crippen LogP contribution in [-0.2, 0) is 23.1 Å². The van der Waals surface area contributed by atoms with Crippen LogP contribution in [0, 0.1) is 12.7 Å². The zero-order valence-corrected chi connectivity index (χ0v) is 12.4. The van der Waals surface area contributed by atoms with E-state index in [2.05, 4.69) is 9.71 Å². The minimum Gasteiger partial charge on any atom is -0.326 e. The molecule has 5 nitrogen and oxygen atoms in total. The molecule has 2 aromatic rings. The Labute approximate surface area is 120 Å². The van der Waals surface area contributed by atoms with Crippen LogP contribution >= 0.6 is 11.3 Å². The second kappa shape index (κ2) is 5.96. The number of thiazole rings is 1. The van der Waals surface area contributed by atoms with Crippen molar-refractivity contribution in [2.45, 2.75) is 24.9 Å². The number of hydrogen-bond donors (Lipinski definition) is 2. The van der Waals surface area contributed by atoms with Gasteiger partial charge in [0.25, 0.3) is 0 Å². The first-order valence-electron chi connectivity index (χ1n) is 5.81. The van der Waals surface area contributed by atoms with E-state index in [0.717, 1.165) is 0 Å². The van der Waals surface area contributed by atoms with Crippen LogP contribution in [0.3, 0.4) is 0 Å². The minimum absolute atomic E-state index is 0.00778. The summed E-state index contributed by atoms with van der Waals surface area (Å²) in [7, 11) is -3.71. The van der Waals surface area contributed by atoms with Gasteiger partial charge in [0, 0.05) is 23.7 Å². The highest BCUT2D eigenvalue weighted by molar-refractivity contribution is 7.89. The maximum absolute atomic E-state index is 13.7. The van der Waals surface area contributed by atoms with Crippen molar-refractivity contribution in [3.63, 3.8) is 0 Å². The topological polar surface area (TPSA) is 85.1 Å². The fourth-order valence-electron chi connectivity index (χ4n) is 1.69. The van der Waals surface area contributed by atoms with E-state index in [-0.39, 0.29) is 29.1 Å². The number of nitrogens with one attached hydrogen (secondary N) is 1. The van der Waals surface area contributed by atoms with E-state index in [9.17, 15) is 12.8 Å². The molecular formula is C12H14FN3O2S2. The first kappa shape index (κ1) is 15.0. The number of nitrogens with two attached hydrogens (primary N) is 1. The van der Waals surface area contributed by atoms with Crippen molar-refractivity contribution in [1.29, 1.82) is 0 Å². The second-order valence-electron chi connectivity index (χ2n) is 4.17. The molecule has 20 heavy (non-hydrogen) atoms. The van der Waals surface area contributed by atoms with Crippen molar-refractivity contribution < 1.29 is 12.8 Å². The molecule has 0 saturated carbocycles. The highest BCUT2D eigenvalue weighted by atomic mass is 32.2. The molecule has 0 aliphatic carbocycles. The smallest absolute Gasteiger partial charge is 0.240 e. The first-order valence-corrected chi connectivity index (χ1v) is 8.17. The van der Waals surface area contributed by atoms with Crippen LogP contribution in [0.25, 0.3) is 0 Å². The van der Waals surface area contributed by atoms with E-state index in [1.807, 2.05) is 0 Å². The normalized spacial score (nSPS) is 11.8. The van der Waals surface area contributed by atoms with E-state index >= 15 is 0 Å². The molecule has 0 spiro atoms. The molecule has 1 aromatic heterocycles. The monoisotopic (exact) mass is 315 g/mol. The van der Waals surface area contributed by atoms with Gasteiger partial charge in [-0.1, -0.05) is 0 Å². The number of nitrogens with zero attached hydrogens (tertiary/aromatic N) is 1. The summed E-state index contributed by atoms with van der Waals surface area (Å²) in [4.78, 5) is 4.00. The average Bonchev–Trinajstić information content (AvgIpc) is 2.92. The summed E-state index contributed by atoms with van der Waals surface area (Å²) in [5, 5.41) is 2.42. The molecule has 2 rings (SSSR count). The van der Waals surface area contributed by atoms with E-state index in [0.29, 0.717) is 5.01 Å². The molecule has 8 heteroatoms. The highest BCUT2D eigenvalue weighted by Gasteiger charge is 2.18. The summed E-state index contributed by atoms with van der Waals surface area (Å²) in [6.45, 7) is 1.56. The molecule has 1 heterocycles. The SMILES string of the molecule is Cc1cc(S(=O)(=O)NCc2nccs2)cc(CN)c1F. The Morgan fingerprint density at radius 2 is 2.20 bits per heavy atom. The fourth-order valence-corrected chi connectivity index (χ4v) is 3.46. The molecule has 0 amide bonds. The number of halogens is 1. The molecule has 3 N–H and O–H groups in total. The lowest BCUT2D eigenvalue weighted by atomic mass is 10.1. The van der Waals surface area contributed by atoms with Gasteiger partial charge in [0.1, 0.15) is 10.8 Å². The lowest BCUT2D eigenvalue weighted by Crippen LogP contribution is -2.23. The number of aromatic nitrogens is 1. The Balaban J connectivity index is 2.27. The van der Waals surface area contributed by atoms with E-state index in [1.165, 1.54) is 30.4 Å². The molecule has 0 atom stereocenters. The Kier molecular flexibility index (Phi) is 4.48. The van der Waals surface area contributed by atoms with Crippen LogP contribution < -0.4 is 10.5 Å².